The molecule has 224 valence electrons. The summed E-state index contributed by atoms with van der Waals surface area (Å²) in [6, 6.07) is 6.42. The molecule has 0 spiro atoms. The molecule has 0 saturated carbocycles. The van der Waals surface area contributed by atoms with Crippen molar-refractivity contribution in [3.05, 3.63) is 57.6 Å². The molecule has 0 bridgehead atoms. The van der Waals surface area contributed by atoms with Crippen molar-refractivity contribution in [2.75, 3.05) is 55.9 Å². The number of hydrogen-bond acceptors (Lipinski definition) is 5. The Balaban J connectivity index is 1.38. The maximum absolute atomic E-state index is 13.2. The third-order valence-electron chi connectivity index (χ3n) is 7.08. The number of nitrogens with zero attached hydrogens (tertiary/aromatic N) is 3. The summed E-state index contributed by atoms with van der Waals surface area (Å²) >= 11 is 12.0. The van der Waals surface area contributed by atoms with Gasteiger partial charge in [-0.05, 0) is 55.2 Å². The van der Waals surface area contributed by atoms with E-state index in [0.29, 0.717) is 45.1 Å². The zero-order chi connectivity index (χ0) is 29.9. The lowest BCUT2D eigenvalue weighted by Crippen LogP contribution is -2.50. The Morgan fingerprint density at radius 1 is 0.951 bits per heavy atom. The van der Waals surface area contributed by atoms with Crippen LogP contribution in [-0.2, 0) is 16.4 Å². The number of alkyl halides is 3. The molecule has 2 heterocycles. The fourth-order valence-corrected chi connectivity index (χ4v) is 6.47. The average molecular weight is 638 g/mol. The van der Waals surface area contributed by atoms with Gasteiger partial charge in [-0.3, -0.25) is 14.4 Å². The van der Waals surface area contributed by atoms with Gasteiger partial charge in [0.1, 0.15) is 0 Å². The van der Waals surface area contributed by atoms with Crippen LogP contribution < -0.4 is 10.0 Å². The minimum Gasteiger partial charge on any atom is -0.465 e. The van der Waals surface area contributed by atoms with Crippen molar-refractivity contribution in [2.24, 2.45) is 5.92 Å². The summed E-state index contributed by atoms with van der Waals surface area (Å²) in [5.41, 5.74) is -1.29. The third-order valence-corrected chi connectivity index (χ3v) is 9.15. The van der Waals surface area contributed by atoms with E-state index in [1.165, 1.54) is 27.4 Å². The summed E-state index contributed by atoms with van der Waals surface area (Å²) in [7, 11) is -4.06. The van der Waals surface area contributed by atoms with Gasteiger partial charge in [-0.15, -0.1) is 0 Å². The van der Waals surface area contributed by atoms with E-state index in [9.17, 15) is 31.2 Å². The van der Waals surface area contributed by atoms with Crippen molar-refractivity contribution in [1.29, 1.82) is 0 Å². The van der Waals surface area contributed by atoms with Crippen molar-refractivity contribution >= 4 is 56.8 Å². The molecule has 0 unspecified atom stereocenters. The lowest BCUT2D eigenvalue weighted by atomic mass is 9.97. The van der Waals surface area contributed by atoms with Crippen LogP contribution in [0.3, 0.4) is 0 Å². The Morgan fingerprint density at radius 2 is 1.59 bits per heavy atom. The number of hydrogen-bond donors (Lipinski definition) is 3. The molecular formula is C25H28Cl2F3N5O5S. The summed E-state index contributed by atoms with van der Waals surface area (Å²) in [5.74, 6) is -0.572. The van der Waals surface area contributed by atoms with E-state index in [1.807, 2.05) is 0 Å². The number of nitrogens with one attached hydrogen (secondary N) is 2. The fourth-order valence-electron chi connectivity index (χ4n) is 4.80. The average Bonchev–Trinajstić information content (AvgIpc) is 2.90. The van der Waals surface area contributed by atoms with E-state index in [4.69, 9.17) is 28.3 Å². The highest BCUT2D eigenvalue weighted by molar-refractivity contribution is 7.90. The number of carbonyl (C=O) groups excluding carboxylic acids is 1. The number of rotatable bonds is 7. The smallest absolute Gasteiger partial charge is 0.416 e. The lowest BCUT2D eigenvalue weighted by Gasteiger charge is -2.37. The molecule has 3 N–H and O–H groups in total. The van der Waals surface area contributed by atoms with Gasteiger partial charge in [0.15, 0.2) is 0 Å². The largest absolute Gasteiger partial charge is 0.465 e. The van der Waals surface area contributed by atoms with Gasteiger partial charge < -0.3 is 15.3 Å². The van der Waals surface area contributed by atoms with Crippen molar-refractivity contribution in [1.82, 2.24) is 14.1 Å². The van der Waals surface area contributed by atoms with E-state index in [2.05, 4.69) is 14.9 Å². The molecule has 0 aromatic heterocycles. The molecule has 16 heteroatoms. The van der Waals surface area contributed by atoms with Gasteiger partial charge in [0, 0.05) is 50.8 Å². The molecule has 10 nitrogen and oxygen atoms in total. The molecular weight excluding hydrogens is 610 g/mol. The Labute approximate surface area is 245 Å². The Hall–Kier alpha value is -2.78. The van der Waals surface area contributed by atoms with Crippen LogP contribution in [0.1, 0.15) is 28.8 Å². The Kier molecular flexibility index (Phi) is 9.59. The molecule has 2 saturated heterocycles. The number of anilines is 2. The van der Waals surface area contributed by atoms with E-state index >= 15 is 0 Å². The number of carbonyl (C=O) groups is 2. The van der Waals surface area contributed by atoms with Gasteiger partial charge >= 0.3 is 22.5 Å². The molecule has 2 aromatic carbocycles. The second-order valence-corrected chi connectivity index (χ2v) is 12.4. The van der Waals surface area contributed by atoms with Crippen LogP contribution in [0, 0.1) is 5.92 Å². The summed E-state index contributed by atoms with van der Waals surface area (Å²) in [4.78, 5) is 27.7. The van der Waals surface area contributed by atoms with Gasteiger partial charge in [0.05, 0.1) is 27.5 Å². The molecule has 2 aliphatic heterocycles. The molecule has 2 aliphatic rings. The number of amides is 2. The topological polar surface area (TPSA) is 122 Å². The number of carboxylic acid groups (broad SMARTS) is 1. The number of piperazine rings is 1. The summed E-state index contributed by atoms with van der Waals surface area (Å²) < 4.78 is 69.0. The number of halogens is 5. The Morgan fingerprint density at radius 3 is 2.17 bits per heavy atom. The first-order valence-electron chi connectivity index (χ1n) is 12.7. The van der Waals surface area contributed by atoms with Gasteiger partial charge in [-0.25, -0.2) is 4.79 Å². The van der Waals surface area contributed by atoms with Crippen LogP contribution in [0.4, 0.5) is 29.3 Å². The monoisotopic (exact) mass is 637 g/mol. The summed E-state index contributed by atoms with van der Waals surface area (Å²) in [6.07, 6.45) is -4.32. The maximum Gasteiger partial charge on any atom is 0.416 e. The molecule has 4 rings (SSSR count). The van der Waals surface area contributed by atoms with Crippen molar-refractivity contribution in [3.8, 4) is 0 Å². The molecule has 0 radical (unpaired) electrons. The van der Waals surface area contributed by atoms with Gasteiger partial charge in [0.25, 0.3) is 5.91 Å². The summed E-state index contributed by atoms with van der Waals surface area (Å²) in [5, 5.41) is 11.3. The van der Waals surface area contributed by atoms with Crippen LogP contribution in [-0.4, -0.2) is 85.4 Å². The van der Waals surface area contributed by atoms with E-state index in [1.54, 1.807) is 0 Å². The standard InChI is InChI=1S/C25H28Cl2F3N5O5S/c26-18-2-4-21(19(14-18)23(36)31-22-3-1-17(13-20(22)27)25(28,29)30)32-41(39,40)35-7-5-16(6-8-35)15-33-9-11-34(12-10-33)24(37)38/h1-4,13-14,16,32H,5-12,15H2,(H,31,36)(H,37,38). The SMILES string of the molecule is O=C(Nc1ccc(C(F)(F)F)cc1Cl)c1cc(Cl)ccc1NS(=O)(=O)N1CCC(CN2CCN(C(=O)O)CC2)CC1. The molecule has 41 heavy (non-hydrogen) atoms. The molecule has 2 amide bonds. The number of piperidine rings is 1. The van der Waals surface area contributed by atoms with Crippen LogP contribution >= 0.6 is 23.2 Å². The highest BCUT2D eigenvalue weighted by Gasteiger charge is 2.32. The molecule has 2 fully saturated rings. The normalized spacial score (nSPS) is 17.8. The maximum atomic E-state index is 13.2. The molecule has 0 aliphatic carbocycles. The fraction of sp³-hybridized carbons (Fsp3) is 0.440. The van der Waals surface area contributed by atoms with Crippen LogP contribution in [0.2, 0.25) is 10.0 Å². The zero-order valence-corrected chi connectivity index (χ0v) is 24.0. The zero-order valence-electron chi connectivity index (χ0n) is 21.6. The minimum absolute atomic E-state index is 0.0617. The quantitative estimate of drug-likeness (QED) is 0.396. The lowest BCUT2D eigenvalue weighted by molar-refractivity contribution is -0.137. The van der Waals surface area contributed by atoms with Crippen LogP contribution in [0.15, 0.2) is 36.4 Å². The number of benzene rings is 2. The third kappa shape index (κ3) is 7.95. The first kappa shape index (κ1) is 31.2. The second-order valence-electron chi connectivity index (χ2n) is 9.86. The van der Waals surface area contributed by atoms with E-state index in [-0.39, 0.29) is 46.0 Å². The highest BCUT2D eigenvalue weighted by atomic mass is 35.5. The van der Waals surface area contributed by atoms with Gasteiger partial charge in [-0.2, -0.15) is 25.9 Å². The predicted molar refractivity (Wildman–Crippen MR) is 149 cm³/mol. The van der Waals surface area contributed by atoms with Crippen molar-refractivity contribution in [3.63, 3.8) is 0 Å². The van der Waals surface area contributed by atoms with Crippen LogP contribution in [0.25, 0.3) is 0 Å². The first-order chi connectivity index (χ1) is 19.2. The Bertz CT molecular complexity index is 1400. The minimum atomic E-state index is -4.61. The van der Waals surface area contributed by atoms with E-state index < -0.39 is 33.9 Å². The summed E-state index contributed by atoms with van der Waals surface area (Å²) in [6.45, 7) is 3.40. The molecule has 2 aromatic rings. The van der Waals surface area contributed by atoms with Crippen LogP contribution in [0.5, 0.6) is 0 Å². The van der Waals surface area contributed by atoms with E-state index in [0.717, 1.165) is 18.7 Å². The van der Waals surface area contributed by atoms with Gasteiger partial charge in [-0.1, -0.05) is 23.2 Å². The highest BCUT2D eigenvalue weighted by Crippen LogP contribution is 2.34. The molecule has 0 atom stereocenters. The van der Waals surface area contributed by atoms with Crippen molar-refractivity contribution < 1.29 is 36.3 Å². The predicted octanol–water partition coefficient (Wildman–Crippen LogP) is 4.93. The van der Waals surface area contributed by atoms with Crippen molar-refractivity contribution in [2.45, 2.75) is 19.0 Å². The first-order valence-corrected chi connectivity index (χ1v) is 14.9. The second kappa shape index (κ2) is 12.6. The van der Waals surface area contributed by atoms with Gasteiger partial charge in [0.2, 0.25) is 0 Å².